The molecule has 0 aliphatic carbocycles. The van der Waals surface area contributed by atoms with Gasteiger partial charge in [-0.1, -0.05) is 24.6 Å². The van der Waals surface area contributed by atoms with E-state index in [1.165, 1.54) is 4.90 Å². The number of amides is 2. The fraction of sp³-hybridized carbons (Fsp3) is 0.385. The molecule has 0 saturated heterocycles. The van der Waals surface area contributed by atoms with Crippen LogP contribution < -0.4 is 5.32 Å². The number of carbonyl (C=O) groups excluding carboxylic acids is 2. The maximum absolute atomic E-state index is 12.3. The van der Waals surface area contributed by atoms with Crippen LogP contribution in [0.5, 0.6) is 0 Å². The lowest BCUT2D eigenvalue weighted by atomic mass is 10.1. The van der Waals surface area contributed by atoms with Crippen LogP contribution in [0.1, 0.15) is 17.3 Å². The Hall–Kier alpha value is -1.07. The minimum Gasteiger partial charge on any atom is -0.359 e. The average Bonchev–Trinajstić information content (AvgIpc) is 2.39. The SMILES string of the molecule is CNC(=O)C(C)CN(C)C(=O)c1cccc(Br)c1Cl. The minimum atomic E-state index is -0.273. The summed E-state index contributed by atoms with van der Waals surface area (Å²) in [5.41, 5.74) is 0.419. The summed E-state index contributed by atoms with van der Waals surface area (Å²) in [7, 11) is 3.23. The molecule has 0 radical (unpaired) electrons. The third-order valence-corrected chi connectivity index (χ3v) is 4.07. The number of halogens is 2. The molecule has 0 heterocycles. The molecule has 0 spiro atoms. The third kappa shape index (κ3) is 3.94. The first kappa shape index (κ1) is 16.0. The quantitative estimate of drug-likeness (QED) is 0.910. The van der Waals surface area contributed by atoms with Crippen molar-refractivity contribution in [3.63, 3.8) is 0 Å². The zero-order chi connectivity index (χ0) is 14.6. The van der Waals surface area contributed by atoms with Crippen LogP contribution in [0.4, 0.5) is 0 Å². The van der Waals surface area contributed by atoms with Crippen molar-refractivity contribution in [2.75, 3.05) is 20.6 Å². The molecule has 0 fully saturated rings. The number of nitrogens with one attached hydrogen (secondary N) is 1. The first-order valence-electron chi connectivity index (χ1n) is 5.79. The van der Waals surface area contributed by atoms with Crippen LogP contribution in [0.2, 0.25) is 5.02 Å². The van der Waals surface area contributed by atoms with E-state index in [9.17, 15) is 9.59 Å². The highest BCUT2D eigenvalue weighted by Gasteiger charge is 2.20. The Morgan fingerprint density at radius 3 is 2.68 bits per heavy atom. The first-order valence-corrected chi connectivity index (χ1v) is 6.96. The summed E-state index contributed by atoms with van der Waals surface area (Å²) in [5.74, 6) is -0.577. The summed E-state index contributed by atoms with van der Waals surface area (Å²) in [6.45, 7) is 2.10. The van der Waals surface area contributed by atoms with Crippen molar-refractivity contribution in [3.8, 4) is 0 Å². The van der Waals surface area contributed by atoms with Crippen molar-refractivity contribution in [1.82, 2.24) is 10.2 Å². The summed E-state index contributed by atoms with van der Waals surface area (Å²) < 4.78 is 0.674. The normalized spacial score (nSPS) is 11.8. The van der Waals surface area contributed by atoms with Crippen LogP contribution in [0.3, 0.4) is 0 Å². The second-order valence-corrected chi connectivity index (χ2v) is 5.53. The molecule has 0 aromatic heterocycles. The summed E-state index contributed by atoms with van der Waals surface area (Å²) in [5, 5.41) is 2.94. The van der Waals surface area contributed by atoms with Gasteiger partial charge in [0.25, 0.3) is 5.91 Å². The van der Waals surface area contributed by atoms with Crippen LogP contribution in [0, 0.1) is 5.92 Å². The minimum absolute atomic E-state index is 0.0972. The maximum Gasteiger partial charge on any atom is 0.255 e. The number of hydrogen-bond acceptors (Lipinski definition) is 2. The summed E-state index contributed by atoms with van der Waals surface area (Å²) in [4.78, 5) is 25.2. The van der Waals surface area contributed by atoms with Crippen molar-refractivity contribution >= 4 is 39.3 Å². The average molecular weight is 348 g/mol. The van der Waals surface area contributed by atoms with Crippen molar-refractivity contribution in [1.29, 1.82) is 0 Å². The zero-order valence-electron chi connectivity index (χ0n) is 11.0. The topological polar surface area (TPSA) is 49.4 Å². The van der Waals surface area contributed by atoms with Gasteiger partial charge in [-0.05, 0) is 28.1 Å². The van der Waals surface area contributed by atoms with Gasteiger partial charge in [0.05, 0.1) is 16.5 Å². The highest BCUT2D eigenvalue weighted by Crippen LogP contribution is 2.26. The Morgan fingerprint density at radius 2 is 2.11 bits per heavy atom. The van der Waals surface area contributed by atoms with E-state index >= 15 is 0 Å². The zero-order valence-corrected chi connectivity index (χ0v) is 13.4. The maximum atomic E-state index is 12.3. The Kier molecular flexibility index (Phi) is 5.82. The van der Waals surface area contributed by atoms with Gasteiger partial charge in [0.1, 0.15) is 0 Å². The van der Waals surface area contributed by atoms with Crippen molar-refractivity contribution < 1.29 is 9.59 Å². The molecule has 1 N–H and O–H groups in total. The highest BCUT2D eigenvalue weighted by molar-refractivity contribution is 9.10. The lowest BCUT2D eigenvalue weighted by Crippen LogP contribution is -2.37. The standard InChI is InChI=1S/C13H16BrClN2O2/c1-8(12(18)16-2)7-17(3)13(19)9-5-4-6-10(14)11(9)15/h4-6,8H,7H2,1-3H3,(H,16,18). The van der Waals surface area contributed by atoms with Gasteiger partial charge in [-0.3, -0.25) is 9.59 Å². The Morgan fingerprint density at radius 1 is 1.47 bits per heavy atom. The van der Waals surface area contributed by atoms with E-state index in [2.05, 4.69) is 21.2 Å². The van der Waals surface area contributed by atoms with Gasteiger partial charge in [0.15, 0.2) is 0 Å². The molecule has 19 heavy (non-hydrogen) atoms. The van der Waals surface area contributed by atoms with Crippen LogP contribution in [0.15, 0.2) is 22.7 Å². The predicted octanol–water partition coefficient (Wildman–Crippen LogP) is 2.56. The molecule has 0 saturated carbocycles. The van der Waals surface area contributed by atoms with Crippen molar-refractivity contribution in [2.45, 2.75) is 6.92 Å². The molecule has 4 nitrogen and oxygen atoms in total. The van der Waals surface area contributed by atoms with Gasteiger partial charge >= 0.3 is 0 Å². The summed E-state index contributed by atoms with van der Waals surface area (Å²) in [6.07, 6.45) is 0. The Labute approximate surface area is 126 Å². The molecule has 104 valence electrons. The van der Waals surface area contributed by atoms with Crippen LogP contribution in [-0.2, 0) is 4.79 Å². The summed E-state index contributed by atoms with van der Waals surface area (Å²) in [6, 6.07) is 5.18. The molecule has 1 rings (SSSR count). The largest absolute Gasteiger partial charge is 0.359 e. The Balaban J connectivity index is 2.83. The van der Waals surface area contributed by atoms with Gasteiger partial charge in [-0.25, -0.2) is 0 Å². The number of rotatable bonds is 4. The van der Waals surface area contributed by atoms with E-state index in [1.54, 1.807) is 39.2 Å². The fourth-order valence-electron chi connectivity index (χ4n) is 1.70. The number of hydrogen-bond donors (Lipinski definition) is 1. The number of nitrogens with zero attached hydrogens (tertiary/aromatic N) is 1. The van der Waals surface area contributed by atoms with Gasteiger partial charge in [0.2, 0.25) is 5.91 Å². The summed E-state index contributed by atoms with van der Waals surface area (Å²) >= 11 is 9.37. The van der Waals surface area contributed by atoms with E-state index in [0.717, 1.165) is 0 Å². The molecule has 0 aliphatic heterocycles. The van der Waals surface area contributed by atoms with E-state index in [-0.39, 0.29) is 17.7 Å². The molecular formula is C13H16BrClN2O2. The van der Waals surface area contributed by atoms with E-state index in [0.29, 0.717) is 21.6 Å². The highest BCUT2D eigenvalue weighted by atomic mass is 79.9. The van der Waals surface area contributed by atoms with Crippen molar-refractivity contribution in [3.05, 3.63) is 33.3 Å². The van der Waals surface area contributed by atoms with Crippen LogP contribution >= 0.6 is 27.5 Å². The number of benzene rings is 1. The predicted molar refractivity (Wildman–Crippen MR) is 79.3 cm³/mol. The van der Waals surface area contributed by atoms with Crippen LogP contribution in [0.25, 0.3) is 0 Å². The van der Waals surface area contributed by atoms with E-state index < -0.39 is 0 Å². The molecule has 0 aliphatic rings. The second-order valence-electron chi connectivity index (χ2n) is 4.30. The van der Waals surface area contributed by atoms with Gasteiger partial charge in [0, 0.05) is 25.1 Å². The monoisotopic (exact) mass is 346 g/mol. The van der Waals surface area contributed by atoms with Crippen molar-refractivity contribution in [2.24, 2.45) is 5.92 Å². The van der Waals surface area contributed by atoms with E-state index in [1.807, 2.05) is 0 Å². The lowest BCUT2D eigenvalue weighted by Gasteiger charge is -2.21. The van der Waals surface area contributed by atoms with E-state index in [4.69, 9.17) is 11.6 Å². The molecule has 1 unspecified atom stereocenters. The Bertz CT molecular complexity index is 494. The van der Waals surface area contributed by atoms with Crippen LogP contribution in [-0.4, -0.2) is 37.4 Å². The molecule has 0 bridgehead atoms. The fourth-order valence-corrected chi connectivity index (χ4v) is 2.27. The molecule has 1 atom stereocenters. The second kappa shape index (κ2) is 6.91. The number of carbonyl (C=O) groups is 2. The third-order valence-electron chi connectivity index (χ3n) is 2.77. The molecule has 1 aromatic rings. The van der Waals surface area contributed by atoms with Gasteiger partial charge < -0.3 is 10.2 Å². The molecule has 1 aromatic carbocycles. The lowest BCUT2D eigenvalue weighted by molar-refractivity contribution is -0.124. The molecule has 6 heteroatoms. The first-order chi connectivity index (χ1) is 8.88. The molecule has 2 amide bonds. The van der Waals surface area contributed by atoms with Gasteiger partial charge in [-0.15, -0.1) is 0 Å². The smallest absolute Gasteiger partial charge is 0.255 e. The van der Waals surface area contributed by atoms with Gasteiger partial charge in [-0.2, -0.15) is 0 Å². The molecular weight excluding hydrogens is 332 g/mol.